The number of pyridine rings is 1. The molecular weight excluding hydrogens is 310 g/mol. The normalized spacial score (nSPS) is 12.0. The Kier molecular flexibility index (Phi) is 4.19. The lowest BCUT2D eigenvalue weighted by atomic mass is 10.1. The average molecular weight is 325 g/mol. The van der Waals surface area contributed by atoms with Gasteiger partial charge < -0.3 is 5.32 Å². The second-order valence-corrected chi connectivity index (χ2v) is 5.38. The van der Waals surface area contributed by atoms with Gasteiger partial charge in [-0.1, -0.05) is 18.2 Å². The summed E-state index contributed by atoms with van der Waals surface area (Å²) in [5.41, 5.74) is 1.42. The molecule has 1 aromatic carbocycles. The van der Waals surface area contributed by atoms with E-state index in [-0.39, 0.29) is 24.1 Å². The fraction of sp³-hybridized carbons (Fsp3) is 0.188. The van der Waals surface area contributed by atoms with Crippen LogP contribution in [0.5, 0.6) is 0 Å². The number of fused-ring (bicyclic) bond motifs is 1. The second-order valence-electron chi connectivity index (χ2n) is 5.38. The zero-order valence-electron chi connectivity index (χ0n) is 12.9. The van der Waals surface area contributed by atoms with Gasteiger partial charge >= 0.3 is 0 Å². The average Bonchev–Trinajstić information content (AvgIpc) is 2.99. The molecule has 8 nitrogen and oxygen atoms in total. The van der Waals surface area contributed by atoms with E-state index in [1.54, 1.807) is 12.1 Å². The molecule has 0 radical (unpaired) electrons. The molecule has 24 heavy (non-hydrogen) atoms. The van der Waals surface area contributed by atoms with Gasteiger partial charge in [-0.15, -0.1) is 10.2 Å². The zero-order chi connectivity index (χ0) is 17.1. The van der Waals surface area contributed by atoms with Crippen molar-refractivity contribution < 1.29 is 9.72 Å². The molecule has 0 aliphatic carbocycles. The van der Waals surface area contributed by atoms with Gasteiger partial charge in [-0.25, -0.2) is 0 Å². The van der Waals surface area contributed by atoms with Crippen molar-refractivity contribution in [2.24, 2.45) is 0 Å². The largest absolute Gasteiger partial charge is 0.346 e. The monoisotopic (exact) mass is 325 g/mol. The van der Waals surface area contributed by atoms with Crippen molar-refractivity contribution in [3.8, 4) is 0 Å². The fourth-order valence-corrected chi connectivity index (χ4v) is 2.43. The number of rotatable bonds is 5. The molecule has 122 valence electrons. The molecule has 0 aliphatic heterocycles. The predicted molar refractivity (Wildman–Crippen MR) is 86.3 cm³/mol. The number of aromatic nitrogens is 3. The standard InChI is InChI=1S/C16H15N5O3/c1-11(16-19-18-14-4-2-3-9-20(14)16)17-15(22)10-12-5-7-13(8-6-12)21(23)24/h2-9,11H,10H2,1H3,(H,17,22). The van der Waals surface area contributed by atoms with E-state index in [1.807, 2.05) is 35.7 Å². The summed E-state index contributed by atoms with van der Waals surface area (Å²) in [6, 6.07) is 11.2. The van der Waals surface area contributed by atoms with E-state index in [0.717, 1.165) is 0 Å². The first-order chi connectivity index (χ1) is 11.5. The van der Waals surface area contributed by atoms with Crippen molar-refractivity contribution in [3.63, 3.8) is 0 Å². The van der Waals surface area contributed by atoms with Crippen LogP contribution in [0.2, 0.25) is 0 Å². The number of carbonyl (C=O) groups excluding carboxylic acids is 1. The molecule has 0 saturated heterocycles. The smallest absolute Gasteiger partial charge is 0.269 e. The number of nitro benzene ring substituents is 1. The summed E-state index contributed by atoms with van der Waals surface area (Å²) in [6.07, 6.45) is 1.97. The number of hydrogen-bond acceptors (Lipinski definition) is 5. The maximum atomic E-state index is 12.2. The van der Waals surface area contributed by atoms with Gasteiger partial charge in [-0.3, -0.25) is 19.3 Å². The summed E-state index contributed by atoms with van der Waals surface area (Å²) >= 11 is 0. The van der Waals surface area contributed by atoms with E-state index < -0.39 is 4.92 Å². The van der Waals surface area contributed by atoms with Crippen molar-refractivity contribution >= 4 is 17.2 Å². The molecule has 1 amide bonds. The van der Waals surface area contributed by atoms with Crippen molar-refractivity contribution in [2.75, 3.05) is 0 Å². The van der Waals surface area contributed by atoms with Crippen molar-refractivity contribution in [2.45, 2.75) is 19.4 Å². The Morgan fingerprint density at radius 2 is 2.00 bits per heavy atom. The van der Waals surface area contributed by atoms with Crippen LogP contribution >= 0.6 is 0 Å². The van der Waals surface area contributed by atoms with Crippen molar-refractivity contribution in [3.05, 3.63) is 70.2 Å². The Labute approximate surface area is 137 Å². The summed E-state index contributed by atoms with van der Waals surface area (Å²) in [6.45, 7) is 1.83. The highest BCUT2D eigenvalue weighted by molar-refractivity contribution is 5.79. The third-order valence-electron chi connectivity index (χ3n) is 3.62. The second kappa shape index (κ2) is 6.45. The van der Waals surface area contributed by atoms with E-state index in [2.05, 4.69) is 15.5 Å². The van der Waals surface area contributed by atoms with E-state index in [1.165, 1.54) is 12.1 Å². The maximum Gasteiger partial charge on any atom is 0.269 e. The van der Waals surface area contributed by atoms with Gasteiger partial charge in [-0.05, 0) is 24.6 Å². The van der Waals surface area contributed by atoms with Crippen LogP contribution in [-0.2, 0) is 11.2 Å². The molecule has 8 heteroatoms. The third kappa shape index (κ3) is 3.22. The number of non-ortho nitro benzene ring substituents is 1. The number of nitro groups is 1. The Morgan fingerprint density at radius 1 is 1.25 bits per heavy atom. The third-order valence-corrected chi connectivity index (χ3v) is 3.62. The molecular formula is C16H15N5O3. The summed E-state index contributed by atoms with van der Waals surface area (Å²) in [5, 5.41) is 21.7. The lowest BCUT2D eigenvalue weighted by Crippen LogP contribution is -2.29. The number of nitrogens with zero attached hydrogens (tertiary/aromatic N) is 4. The van der Waals surface area contributed by atoms with Crippen LogP contribution in [-0.4, -0.2) is 25.4 Å². The van der Waals surface area contributed by atoms with Gasteiger partial charge in [-0.2, -0.15) is 0 Å². The van der Waals surface area contributed by atoms with Crippen molar-refractivity contribution in [1.82, 2.24) is 19.9 Å². The Bertz CT molecular complexity index is 888. The minimum atomic E-state index is -0.470. The molecule has 2 heterocycles. The van der Waals surface area contributed by atoms with E-state index >= 15 is 0 Å². The first-order valence-corrected chi connectivity index (χ1v) is 7.37. The summed E-state index contributed by atoms with van der Waals surface area (Å²) in [5.74, 6) is 0.451. The molecule has 3 aromatic rings. The highest BCUT2D eigenvalue weighted by Gasteiger charge is 2.16. The number of nitrogens with one attached hydrogen (secondary N) is 1. The lowest BCUT2D eigenvalue weighted by Gasteiger charge is -2.12. The Hall–Kier alpha value is -3.29. The molecule has 0 fully saturated rings. The summed E-state index contributed by atoms with van der Waals surface area (Å²) in [4.78, 5) is 22.3. The molecule has 0 spiro atoms. The van der Waals surface area contributed by atoms with Crippen LogP contribution in [0.1, 0.15) is 24.4 Å². The molecule has 1 N–H and O–H groups in total. The van der Waals surface area contributed by atoms with Crippen LogP contribution < -0.4 is 5.32 Å². The Morgan fingerprint density at radius 3 is 2.71 bits per heavy atom. The topological polar surface area (TPSA) is 102 Å². The SMILES string of the molecule is CC(NC(=O)Cc1ccc([N+](=O)[O-])cc1)c1nnc2ccccn12. The number of carbonyl (C=O) groups is 1. The lowest BCUT2D eigenvalue weighted by molar-refractivity contribution is -0.384. The molecule has 3 rings (SSSR count). The first-order valence-electron chi connectivity index (χ1n) is 7.37. The van der Waals surface area contributed by atoms with Gasteiger partial charge in [0.1, 0.15) is 0 Å². The number of benzene rings is 1. The summed E-state index contributed by atoms with van der Waals surface area (Å²) in [7, 11) is 0. The maximum absolute atomic E-state index is 12.2. The van der Waals surface area contributed by atoms with E-state index in [4.69, 9.17) is 0 Å². The molecule has 0 saturated carbocycles. The molecule has 2 aromatic heterocycles. The quantitative estimate of drug-likeness (QED) is 0.571. The fourth-order valence-electron chi connectivity index (χ4n) is 2.43. The van der Waals surface area contributed by atoms with Crippen LogP contribution in [0, 0.1) is 10.1 Å². The molecule has 0 aliphatic rings. The predicted octanol–water partition coefficient (Wildman–Crippen LogP) is 2.06. The van der Waals surface area contributed by atoms with Crippen LogP contribution in [0.15, 0.2) is 48.7 Å². The summed E-state index contributed by atoms with van der Waals surface area (Å²) < 4.78 is 1.82. The van der Waals surface area contributed by atoms with Gasteiger partial charge in [0.05, 0.1) is 17.4 Å². The van der Waals surface area contributed by atoms with E-state index in [0.29, 0.717) is 17.0 Å². The van der Waals surface area contributed by atoms with Crippen molar-refractivity contribution in [1.29, 1.82) is 0 Å². The molecule has 1 unspecified atom stereocenters. The first kappa shape index (κ1) is 15.6. The highest BCUT2D eigenvalue weighted by atomic mass is 16.6. The minimum absolute atomic E-state index is 0.00227. The van der Waals surface area contributed by atoms with Gasteiger partial charge in [0.25, 0.3) is 5.69 Å². The van der Waals surface area contributed by atoms with E-state index in [9.17, 15) is 14.9 Å². The molecule has 1 atom stereocenters. The van der Waals surface area contributed by atoms with Gasteiger partial charge in [0.15, 0.2) is 11.5 Å². The minimum Gasteiger partial charge on any atom is -0.346 e. The van der Waals surface area contributed by atoms with Crippen LogP contribution in [0.4, 0.5) is 5.69 Å². The highest BCUT2D eigenvalue weighted by Crippen LogP contribution is 2.14. The van der Waals surface area contributed by atoms with Crippen LogP contribution in [0.25, 0.3) is 5.65 Å². The van der Waals surface area contributed by atoms with Gasteiger partial charge in [0, 0.05) is 18.3 Å². The van der Waals surface area contributed by atoms with Crippen LogP contribution in [0.3, 0.4) is 0 Å². The number of hydrogen-bond donors (Lipinski definition) is 1. The molecule has 0 bridgehead atoms. The van der Waals surface area contributed by atoms with Gasteiger partial charge in [0.2, 0.25) is 5.91 Å². The zero-order valence-corrected chi connectivity index (χ0v) is 12.9. The number of amides is 1. The Balaban J connectivity index is 1.67.